The van der Waals surface area contributed by atoms with E-state index in [1.54, 1.807) is 0 Å². The Hall–Kier alpha value is -1.55. The largest absolute Gasteiger partial charge is 0.355 e. The molecule has 0 fully saturated rings. The number of amides is 1. The second-order valence-corrected chi connectivity index (χ2v) is 1.85. The van der Waals surface area contributed by atoms with Crippen LogP contribution in [0.2, 0.25) is 0 Å². The highest BCUT2D eigenvalue weighted by atomic mass is 16.1. The highest BCUT2D eigenvalue weighted by Crippen LogP contribution is 1.83. The van der Waals surface area contributed by atoms with E-state index in [1.165, 1.54) is 6.92 Å². The Morgan fingerprint density at radius 2 is 2.55 bits per heavy atom. The smallest absolute Gasteiger partial charge is 0.216 e. The number of nitrogens with zero attached hydrogens (tertiary/aromatic N) is 3. The van der Waals surface area contributed by atoms with Gasteiger partial charge in [-0.3, -0.25) is 4.79 Å². The SMILES string of the molecule is CC(=O)NC[C@@H](C=O)N=[N+]=[N-]. The average Bonchev–Trinajstić information content (AvgIpc) is 1.97. The molecule has 6 heteroatoms. The molecule has 1 atom stereocenters. The van der Waals surface area contributed by atoms with Crippen molar-refractivity contribution in [3.8, 4) is 0 Å². The molecule has 0 aliphatic heterocycles. The number of rotatable bonds is 4. The maximum absolute atomic E-state index is 10.3. The quantitative estimate of drug-likeness (QED) is 0.268. The Labute approximate surface area is 63.2 Å². The van der Waals surface area contributed by atoms with Crippen LogP contribution in [0.1, 0.15) is 6.92 Å². The Morgan fingerprint density at radius 3 is 2.91 bits per heavy atom. The number of carbonyl (C=O) groups excluding carboxylic acids is 2. The minimum atomic E-state index is -0.802. The maximum Gasteiger partial charge on any atom is 0.216 e. The summed E-state index contributed by atoms with van der Waals surface area (Å²) in [5.41, 5.74) is 7.92. The van der Waals surface area contributed by atoms with Crippen molar-refractivity contribution in [2.24, 2.45) is 5.11 Å². The van der Waals surface area contributed by atoms with Gasteiger partial charge < -0.3 is 10.1 Å². The Kier molecular flexibility index (Phi) is 4.51. The lowest BCUT2D eigenvalue weighted by molar-refractivity contribution is -0.119. The van der Waals surface area contributed by atoms with E-state index in [4.69, 9.17) is 5.53 Å². The normalized spacial score (nSPS) is 11.0. The second kappa shape index (κ2) is 5.25. The van der Waals surface area contributed by atoms with E-state index >= 15 is 0 Å². The number of hydrogen-bond donors (Lipinski definition) is 1. The molecular formula is C5H8N4O2. The van der Waals surface area contributed by atoms with Crippen LogP contribution in [0.15, 0.2) is 5.11 Å². The third-order valence-electron chi connectivity index (χ3n) is 0.917. The van der Waals surface area contributed by atoms with Crippen molar-refractivity contribution < 1.29 is 9.59 Å². The van der Waals surface area contributed by atoms with E-state index in [9.17, 15) is 9.59 Å². The fourth-order valence-corrected chi connectivity index (χ4v) is 0.431. The van der Waals surface area contributed by atoms with Crippen LogP contribution < -0.4 is 5.32 Å². The third kappa shape index (κ3) is 4.92. The molecule has 0 aromatic carbocycles. The second-order valence-electron chi connectivity index (χ2n) is 1.85. The van der Waals surface area contributed by atoms with Crippen LogP contribution in [0.25, 0.3) is 10.4 Å². The molecule has 0 rings (SSSR count). The van der Waals surface area contributed by atoms with Crippen LogP contribution in [-0.4, -0.2) is 24.8 Å². The van der Waals surface area contributed by atoms with Gasteiger partial charge in [0.2, 0.25) is 5.91 Å². The van der Waals surface area contributed by atoms with Crippen LogP contribution in [0.3, 0.4) is 0 Å². The zero-order chi connectivity index (χ0) is 8.69. The predicted molar refractivity (Wildman–Crippen MR) is 37.7 cm³/mol. The summed E-state index contributed by atoms with van der Waals surface area (Å²) in [6.07, 6.45) is 0.482. The number of azide groups is 1. The van der Waals surface area contributed by atoms with Crippen LogP contribution in [0.4, 0.5) is 0 Å². The van der Waals surface area contributed by atoms with Crippen LogP contribution in [0, 0.1) is 0 Å². The van der Waals surface area contributed by atoms with Gasteiger partial charge >= 0.3 is 0 Å². The van der Waals surface area contributed by atoms with Gasteiger partial charge in [-0.2, -0.15) is 0 Å². The van der Waals surface area contributed by atoms with Crippen LogP contribution >= 0.6 is 0 Å². The van der Waals surface area contributed by atoms with Gasteiger partial charge in [0, 0.05) is 18.4 Å². The first-order valence-corrected chi connectivity index (χ1v) is 2.94. The molecule has 0 saturated carbocycles. The Balaban J connectivity index is 3.78. The van der Waals surface area contributed by atoms with Crippen LogP contribution in [0.5, 0.6) is 0 Å². The molecule has 0 aromatic heterocycles. The average molecular weight is 156 g/mol. The predicted octanol–water partition coefficient (Wildman–Crippen LogP) is 0.000300. The summed E-state index contributed by atoms with van der Waals surface area (Å²) in [5.74, 6) is -0.259. The molecule has 0 aliphatic carbocycles. The number of hydrogen-bond acceptors (Lipinski definition) is 3. The van der Waals surface area contributed by atoms with E-state index < -0.39 is 6.04 Å². The highest BCUT2D eigenvalue weighted by Gasteiger charge is 2.03. The van der Waals surface area contributed by atoms with Crippen LogP contribution in [-0.2, 0) is 9.59 Å². The van der Waals surface area contributed by atoms with E-state index in [0.29, 0.717) is 6.29 Å². The van der Waals surface area contributed by atoms with E-state index in [0.717, 1.165) is 0 Å². The maximum atomic E-state index is 10.3. The van der Waals surface area contributed by atoms with Crippen molar-refractivity contribution in [1.82, 2.24) is 5.32 Å². The van der Waals surface area contributed by atoms with Gasteiger partial charge in [-0.05, 0) is 5.53 Å². The van der Waals surface area contributed by atoms with Gasteiger partial charge in [-0.1, -0.05) is 5.11 Å². The molecule has 0 unspecified atom stereocenters. The third-order valence-corrected chi connectivity index (χ3v) is 0.917. The minimum Gasteiger partial charge on any atom is -0.355 e. The van der Waals surface area contributed by atoms with Crippen molar-refractivity contribution >= 4 is 12.2 Å². The zero-order valence-corrected chi connectivity index (χ0v) is 6.02. The van der Waals surface area contributed by atoms with E-state index in [2.05, 4.69) is 15.3 Å². The first-order chi connectivity index (χ1) is 5.20. The zero-order valence-electron chi connectivity index (χ0n) is 6.02. The number of nitrogens with one attached hydrogen (secondary N) is 1. The summed E-state index contributed by atoms with van der Waals surface area (Å²) in [7, 11) is 0. The standard InChI is InChI=1S/C5H8N4O2/c1-4(11)7-2-5(3-10)8-9-6/h3,5H,2H2,1H3,(H,7,11)/t5-/m0/s1. The topological polar surface area (TPSA) is 94.9 Å². The molecule has 0 heterocycles. The summed E-state index contributed by atoms with van der Waals surface area (Å²) >= 11 is 0. The molecule has 11 heavy (non-hydrogen) atoms. The van der Waals surface area contributed by atoms with Gasteiger partial charge in [0.15, 0.2) is 0 Å². The fraction of sp³-hybridized carbons (Fsp3) is 0.600. The van der Waals surface area contributed by atoms with Crippen molar-refractivity contribution in [1.29, 1.82) is 0 Å². The van der Waals surface area contributed by atoms with Gasteiger partial charge in [-0.15, -0.1) is 0 Å². The lowest BCUT2D eigenvalue weighted by Gasteiger charge is -2.01. The Bertz CT molecular complexity index is 197. The molecule has 6 nitrogen and oxygen atoms in total. The molecule has 0 aromatic rings. The lowest BCUT2D eigenvalue weighted by atomic mass is 10.3. The Morgan fingerprint density at radius 1 is 1.91 bits per heavy atom. The summed E-state index contributed by atoms with van der Waals surface area (Å²) in [6.45, 7) is 1.38. The summed E-state index contributed by atoms with van der Waals surface area (Å²) in [4.78, 5) is 22.8. The molecule has 0 bridgehead atoms. The molecule has 1 amide bonds. The summed E-state index contributed by atoms with van der Waals surface area (Å²) in [5, 5.41) is 5.46. The fourth-order valence-electron chi connectivity index (χ4n) is 0.431. The van der Waals surface area contributed by atoms with Crippen molar-refractivity contribution in [2.75, 3.05) is 6.54 Å². The molecule has 0 aliphatic rings. The van der Waals surface area contributed by atoms with E-state index in [1.807, 2.05) is 0 Å². The van der Waals surface area contributed by atoms with E-state index in [-0.39, 0.29) is 12.5 Å². The lowest BCUT2D eigenvalue weighted by Crippen LogP contribution is -2.29. The molecule has 1 N–H and O–H groups in total. The molecule has 0 spiro atoms. The minimum absolute atomic E-state index is 0.0584. The first kappa shape index (κ1) is 9.45. The van der Waals surface area contributed by atoms with Crippen molar-refractivity contribution in [2.45, 2.75) is 13.0 Å². The highest BCUT2D eigenvalue weighted by molar-refractivity contribution is 5.73. The summed E-state index contributed by atoms with van der Waals surface area (Å²) < 4.78 is 0. The van der Waals surface area contributed by atoms with Crippen molar-refractivity contribution in [3.05, 3.63) is 10.4 Å². The number of carbonyl (C=O) groups is 2. The monoisotopic (exact) mass is 156 g/mol. The van der Waals surface area contributed by atoms with Gasteiger partial charge in [0.25, 0.3) is 0 Å². The first-order valence-electron chi connectivity index (χ1n) is 2.94. The van der Waals surface area contributed by atoms with Gasteiger partial charge in [-0.25, -0.2) is 0 Å². The molecular weight excluding hydrogens is 148 g/mol. The number of aldehydes is 1. The van der Waals surface area contributed by atoms with Crippen molar-refractivity contribution in [3.63, 3.8) is 0 Å². The van der Waals surface area contributed by atoms with Gasteiger partial charge in [0.1, 0.15) is 12.3 Å². The molecule has 0 radical (unpaired) electrons. The molecule has 60 valence electrons. The van der Waals surface area contributed by atoms with Gasteiger partial charge in [0.05, 0.1) is 0 Å². The molecule has 0 saturated heterocycles. The summed E-state index contributed by atoms with van der Waals surface area (Å²) in [6, 6.07) is -0.802.